The predicted molar refractivity (Wildman–Crippen MR) is 63.0 cm³/mol. The van der Waals surface area contributed by atoms with E-state index in [0.29, 0.717) is 0 Å². The van der Waals surface area contributed by atoms with Gasteiger partial charge in [0.2, 0.25) is 10.0 Å². The van der Waals surface area contributed by atoms with Crippen LogP contribution >= 0.6 is 0 Å². The molecule has 0 atom stereocenters. The third-order valence-corrected chi connectivity index (χ3v) is 2.89. The van der Waals surface area contributed by atoms with Crippen LogP contribution in [0.25, 0.3) is 0 Å². The van der Waals surface area contributed by atoms with Crippen molar-refractivity contribution >= 4 is 27.8 Å². The molecule has 0 aliphatic rings. The molecule has 0 aliphatic carbocycles. The number of sulfonamides is 1. The molecule has 1 heterocycles. The van der Waals surface area contributed by atoms with Gasteiger partial charge in [0.05, 0.1) is 6.61 Å². The number of hydrogen-bond donors (Lipinski definition) is 2. The van der Waals surface area contributed by atoms with Crippen molar-refractivity contribution in [3.8, 4) is 0 Å². The van der Waals surface area contributed by atoms with Gasteiger partial charge >= 0.3 is 11.9 Å². The average molecular weight is 289 g/mol. The molecular weight excluding hydrogens is 278 g/mol. The number of aromatic nitrogens is 2. The van der Waals surface area contributed by atoms with Gasteiger partial charge in [0.1, 0.15) is 0 Å². The number of nitrogens with one attached hydrogen (secondary N) is 1. The number of carbonyl (C=O) groups excluding carboxylic acids is 1. The van der Waals surface area contributed by atoms with E-state index in [1.807, 2.05) is 4.72 Å². The molecule has 0 amide bonds. The molecule has 0 spiro atoms. The first kappa shape index (κ1) is 14.8. The molecule has 0 aromatic carbocycles. The van der Waals surface area contributed by atoms with Crippen molar-refractivity contribution in [3.63, 3.8) is 0 Å². The Hall–Kier alpha value is -2.23. The van der Waals surface area contributed by atoms with Crippen LogP contribution in [-0.2, 0) is 19.6 Å². The fourth-order valence-corrected chi connectivity index (χ4v) is 2.02. The van der Waals surface area contributed by atoms with Gasteiger partial charge in [-0.25, -0.2) is 23.2 Å². The molecule has 9 nitrogen and oxygen atoms in total. The van der Waals surface area contributed by atoms with Crippen molar-refractivity contribution in [2.75, 3.05) is 17.1 Å². The lowest BCUT2D eigenvalue weighted by atomic mass is 10.4. The van der Waals surface area contributed by atoms with E-state index in [4.69, 9.17) is 5.11 Å². The maximum Gasteiger partial charge on any atom is 0.358 e. The van der Waals surface area contributed by atoms with Crippen molar-refractivity contribution in [1.82, 2.24) is 9.97 Å². The van der Waals surface area contributed by atoms with Crippen molar-refractivity contribution in [2.45, 2.75) is 6.92 Å². The zero-order valence-corrected chi connectivity index (χ0v) is 10.7. The molecular formula is C9H11N3O6S. The van der Waals surface area contributed by atoms with E-state index >= 15 is 0 Å². The van der Waals surface area contributed by atoms with E-state index in [2.05, 4.69) is 14.7 Å². The molecule has 19 heavy (non-hydrogen) atoms. The summed E-state index contributed by atoms with van der Waals surface area (Å²) in [5, 5.41) is 8.80. The number of nitrogens with zero attached hydrogens (tertiary/aromatic N) is 2. The minimum atomic E-state index is -4.10. The molecule has 1 aromatic heterocycles. The van der Waals surface area contributed by atoms with E-state index in [0.717, 1.165) is 12.4 Å². The van der Waals surface area contributed by atoms with Crippen LogP contribution in [0.4, 0.5) is 5.82 Å². The summed E-state index contributed by atoms with van der Waals surface area (Å²) >= 11 is 0. The van der Waals surface area contributed by atoms with Gasteiger partial charge in [-0.05, 0) is 6.92 Å². The Balaban J connectivity index is 2.90. The Kier molecular flexibility index (Phi) is 4.75. The van der Waals surface area contributed by atoms with Gasteiger partial charge in [-0.15, -0.1) is 0 Å². The summed E-state index contributed by atoms with van der Waals surface area (Å²) < 4.78 is 29.5. The average Bonchev–Trinajstić information content (AvgIpc) is 2.28. The number of rotatable bonds is 6. The van der Waals surface area contributed by atoms with Crippen LogP contribution in [0, 0.1) is 0 Å². The second-order valence-corrected chi connectivity index (χ2v) is 4.95. The van der Waals surface area contributed by atoms with Gasteiger partial charge in [-0.1, -0.05) is 0 Å². The van der Waals surface area contributed by atoms with Crippen LogP contribution in [0.5, 0.6) is 0 Å². The second-order valence-electron chi connectivity index (χ2n) is 3.22. The lowest BCUT2D eigenvalue weighted by Crippen LogP contribution is -2.26. The Morgan fingerprint density at radius 2 is 2.00 bits per heavy atom. The molecule has 0 unspecified atom stereocenters. The van der Waals surface area contributed by atoms with E-state index in [-0.39, 0.29) is 6.61 Å². The predicted octanol–water partition coefficient (Wildman–Crippen LogP) is -0.520. The highest BCUT2D eigenvalue weighted by Gasteiger charge is 2.22. The number of esters is 1. The number of aromatic carboxylic acids is 1. The summed E-state index contributed by atoms with van der Waals surface area (Å²) in [7, 11) is -4.10. The summed E-state index contributed by atoms with van der Waals surface area (Å²) in [5.41, 5.74) is -0.560. The minimum absolute atomic E-state index is 0.0415. The normalized spacial score (nSPS) is 10.8. The molecule has 0 saturated carbocycles. The highest BCUT2D eigenvalue weighted by Crippen LogP contribution is 2.10. The van der Waals surface area contributed by atoms with E-state index in [9.17, 15) is 18.0 Å². The highest BCUT2D eigenvalue weighted by atomic mass is 32.2. The molecule has 2 N–H and O–H groups in total. The fraction of sp³-hybridized carbons (Fsp3) is 0.333. The lowest BCUT2D eigenvalue weighted by molar-refractivity contribution is -0.139. The molecule has 0 bridgehead atoms. The summed E-state index contributed by atoms with van der Waals surface area (Å²) in [6, 6.07) is 0. The number of carboxylic acid groups (broad SMARTS) is 1. The van der Waals surface area contributed by atoms with Gasteiger partial charge in [0.15, 0.2) is 17.3 Å². The summed E-state index contributed by atoms with van der Waals surface area (Å²) in [6.07, 6.45) is 2.22. The van der Waals surface area contributed by atoms with Crippen LogP contribution < -0.4 is 4.72 Å². The smallest absolute Gasteiger partial charge is 0.358 e. The maximum atomic E-state index is 11.6. The van der Waals surface area contributed by atoms with Crippen molar-refractivity contribution < 1.29 is 27.9 Å². The van der Waals surface area contributed by atoms with Crippen LogP contribution in [0.15, 0.2) is 12.4 Å². The van der Waals surface area contributed by atoms with Crippen LogP contribution in [0.1, 0.15) is 17.4 Å². The topological polar surface area (TPSA) is 136 Å². The van der Waals surface area contributed by atoms with E-state index in [1.165, 1.54) is 6.92 Å². The van der Waals surface area contributed by atoms with Gasteiger partial charge in [0, 0.05) is 12.4 Å². The largest absolute Gasteiger partial charge is 0.476 e. The van der Waals surface area contributed by atoms with Gasteiger partial charge in [-0.2, -0.15) is 0 Å². The number of carboxylic acids is 1. The van der Waals surface area contributed by atoms with Crippen molar-refractivity contribution in [1.29, 1.82) is 0 Å². The van der Waals surface area contributed by atoms with Crippen LogP contribution in [-0.4, -0.2) is 47.8 Å². The zero-order valence-electron chi connectivity index (χ0n) is 9.86. The molecule has 1 aromatic rings. The van der Waals surface area contributed by atoms with Gasteiger partial charge < -0.3 is 9.84 Å². The van der Waals surface area contributed by atoms with Crippen molar-refractivity contribution in [3.05, 3.63) is 18.1 Å². The number of ether oxygens (including phenoxy) is 1. The first-order chi connectivity index (χ1) is 8.85. The summed E-state index contributed by atoms with van der Waals surface area (Å²) in [4.78, 5) is 28.9. The molecule has 1 rings (SSSR count). The third-order valence-electron chi connectivity index (χ3n) is 1.77. The molecule has 0 aliphatic heterocycles. The summed E-state index contributed by atoms with van der Waals surface area (Å²) in [6.45, 7) is 1.57. The minimum Gasteiger partial charge on any atom is -0.476 e. The highest BCUT2D eigenvalue weighted by molar-refractivity contribution is 7.93. The number of hydrogen-bond acceptors (Lipinski definition) is 7. The Bertz CT molecular complexity index is 585. The fourth-order valence-electron chi connectivity index (χ4n) is 1.11. The zero-order chi connectivity index (χ0) is 14.5. The third kappa shape index (κ3) is 4.50. The van der Waals surface area contributed by atoms with Crippen LogP contribution in [0.2, 0.25) is 0 Å². The first-order valence-corrected chi connectivity index (χ1v) is 6.71. The standard InChI is InChI=1S/C9H11N3O6S/c1-2-18-6(13)5-19(16,17)12-8-7(9(14)15)10-3-4-11-8/h3-4H,2,5H2,1H3,(H,11,12)(H,14,15). The SMILES string of the molecule is CCOC(=O)CS(=O)(=O)Nc1nccnc1C(=O)O. The maximum absolute atomic E-state index is 11.6. The first-order valence-electron chi connectivity index (χ1n) is 5.06. The van der Waals surface area contributed by atoms with E-state index < -0.39 is 39.2 Å². The molecule has 0 saturated heterocycles. The van der Waals surface area contributed by atoms with Gasteiger partial charge in [0.25, 0.3) is 0 Å². The molecule has 0 fully saturated rings. The van der Waals surface area contributed by atoms with Crippen molar-refractivity contribution in [2.24, 2.45) is 0 Å². The quantitative estimate of drug-likeness (QED) is 0.668. The van der Waals surface area contributed by atoms with Gasteiger partial charge in [-0.3, -0.25) is 9.52 Å². The lowest BCUT2D eigenvalue weighted by Gasteiger charge is -2.08. The molecule has 10 heteroatoms. The van der Waals surface area contributed by atoms with E-state index in [1.54, 1.807) is 0 Å². The number of anilines is 1. The number of carbonyl (C=O) groups is 2. The Morgan fingerprint density at radius 1 is 1.37 bits per heavy atom. The summed E-state index contributed by atoms with van der Waals surface area (Å²) in [5.74, 6) is -3.78. The molecule has 104 valence electrons. The molecule has 0 radical (unpaired) electrons. The monoisotopic (exact) mass is 289 g/mol. The van der Waals surface area contributed by atoms with Crippen LogP contribution in [0.3, 0.4) is 0 Å². The Labute approximate surface area is 108 Å². The second kappa shape index (κ2) is 6.09. The Morgan fingerprint density at radius 3 is 2.58 bits per heavy atom.